The lowest BCUT2D eigenvalue weighted by Gasteiger charge is -2.34. The molecule has 0 aromatic heterocycles. The second-order valence-electron chi connectivity index (χ2n) is 5.07. The van der Waals surface area contributed by atoms with Gasteiger partial charge in [0.25, 0.3) is 5.91 Å². The topological polar surface area (TPSA) is 32.3 Å². The average molecular weight is 264 g/mol. The van der Waals surface area contributed by atoms with E-state index >= 15 is 0 Å². The van der Waals surface area contributed by atoms with Crippen molar-refractivity contribution in [3.8, 4) is 0 Å². The highest BCUT2D eigenvalue weighted by Gasteiger charge is 2.26. The van der Waals surface area contributed by atoms with E-state index in [4.69, 9.17) is 0 Å². The zero-order chi connectivity index (χ0) is 13.8. The molecule has 104 valence electrons. The van der Waals surface area contributed by atoms with Gasteiger partial charge in [0.15, 0.2) is 0 Å². The maximum atomic E-state index is 13.9. The molecule has 1 aromatic carbocycles. The molecule has 1 unspecified atom stereocenters. The van der Waals surface area contributed by atoms with Crippen LogP contribution in [0.3, 0.4) is 0 Å². The van der Waals surface area contributed by atoms with Gasteiger partial charge in [0.1, 0.15) is 5.82 Å². The Hall–Kier alpha value is -1.42. The van der Waals surface area contributed by atoms with Crippen LogP contribution in [-0.2, 0) is 0 Å². The van der Waals surface area contributed by atoms with E-state index in [0.29, 0.717) is 6.54 Å². The maximum Gasteiger partial charge on any atom is 0.257 e. The lowest BCUT2D eigenvalue weighted by molar-refractivity contribution is 0.0657. The molecule has 2 rings (SSSR count). The number of amides is 1. The Kier molecular flexibility index (Phi) is 4.53. The first-order valence-electron chi connectivity index (χ1n) is 6.91. The average Bonchev–Trinajstić information content (AvgIpc) is 2.40. The zero-order valence-corrected chi connectivity index (χ0v) is 11.6. The highest BCUT2D eigenvalue weighted by Crippen LogP contribution is 2.17. The molecule has 0 spiro atoms. The number of halogens is 1. The molecule has 1 N–H and O–H groups in total. The van der Waals surface area contributed by atoms with Crippen molar-refractivity contribution in [1.82, 2.24) is 10.2 Å². The number of rotatable bonds is 3. The minimum atomic E-state index is -0.424. The van der Waals surface area contributed by atoms with Crippen molar-refractivity contribution in [1.29, 1.82) is 0 Å². The van der Waals surface area contributed by atoms with Gasteiger partial charge in [0.2, 0.25) is 0 Å². The summed E-state index contributed by atoms with van der Waals surface area (Å²) in [4.78, 5) is 14.2. The third kappa shape index (κ3) is 3.13. The Morgan fingerprint density at radius 2 is 2.32 bits per heavy atom. The van der Waals surface area contributed by atoms with E-state index in [1.165, 1.54) is 6.07 Å². The van der Waals surface area contributed by atoms with Crippen LogP contribution in [0.2, 0.25) is 0 Å². The van der Waals surface area contributed by atoms with E-state index in [1.54, 1.807) is 17.0 Å². The molecule has 1 amide bonds. The van der Waals surface area contributed by atoms with Gasteiger partial charge < -0.3 is 10.2 Å². The van der Waals surface area contributed by atoms with Crippen molar-refractivity contribution < 1.29 is 9.18 Å². The number of nitrogens with zero attached hydrogens (tertiary/aromatic N) is 1. The molecular weight excluding hydrogens is 243 g/mol. The summed E-state index contributed by atoms with van der Waals surface area (Å²) in [5.74, 6) is -0.624. The van der Waals surface area contributed by atoms with Crippen LogP contribution in [0.25, 0.3) is 0 Å². The smallest absolute Gasteiger partial charge is 0.257 e. The van der Waals surface area contributed by atoms with Gasteiger partial charge in [-0.2, -0.15) is 0 Å². The molecule has 0 aliphatic carbocycles. The van der Waals surface area contributed by atoms with Gasteiger partial charge >= 0.3 is 0 Å². The molecule has 1 aliphatic heterocycles. The molecule has 4 heteroatoms. The number of piperidine rings is 1. The first-order valence-corrected chi connectivity index (χ1v) is 6.91. The summed E-state index contributed by atoms with van der Waals surface area (Å²) in [5.41, 5.74) is 1.01. The highest BCUT2D eigenvalue weighted by molar-refractivity contribution is 5.94. The number of hydrogen-bond donors (Lipinski definition) is 1. The Bertz CT molecular complexity index is 455. The van der Waals surface area contributed by atoms with Crippen molar-refractivity contribution in [2.45, 2.75) is 32.7 Å². The fourth-order valence-electron chi connectivity index (χ4n) is 2.62. The molecule has 0 radical (unpaired) electrons. The summed E-state index contributed by atoms with van der Waals surface area (Å²) in [6.45, 7) is 6.17. The molecular formula is C15H21FN2O. The second kappa shape index (κ2) is 6.15. The van der Waals surface area contributed by atoms with Crippen LogP contribution in [0.15, 0.2) is 18.2 Å². The fourth-order valence-corrected chi connectivity index (χ4v) is 2.62. The van der Waals surface area contributed by atoms with Crippen LogP contribution in [0.5, 0.6) is 0 Å². The molecule has 0 saturated carbocycles. The van der Waals surface area contributed by atoms with Crippen LogP contribution in [0, 0.1) is 12.7 Å². The fraction of sp³-hybridized carbons (Fsp3) is 0.533. The summed E-state index contributed by atoms with van der Waals surface area (Å²) < 4.78 is 13.9. The van der Waals surface area contributed by atoms with Gasteiger partial charge in [-0.15, -0.1) is 0 Å². The van der Waals surface area contributed by atoms with E-state index in [-0.39, 0.29) is 17.5 Å². The van der Waals surface area contributed by atoms with Gasteiger partial charge in [-0.1, -0.05) is 6.07 Å². The molecule has 1 aromatic rings. The lowest BCUT2D eigenvalue weighted by atomic mass is 10.0. The third-order valence-electron chi connectivity index (χ3n) is 3.67. The Morgan fingerprint density at radius 3 is 2.89 bits per heavy atom. The largest absolute Gasteiger partial charge is 0.335 e. The predicted molar refractivity (Wildman–Crippen MR) is 73.7 cm³/mol. The van der Waals surface area contributed by atoms with E-state index in [1.807, 2.05) is 13.8 Å². The molecule has 19 heavy (non-hydrogen) atoms. The summed E-state index contributed by atoms with van der Waals surface area (Å²) in [6, 6.07) is 4.96. The second-order valence-corrected chi connectivity index (χ2v) is 5.07. The number of carbonyl (C=O) groups excluding carboxylic acids is 1. The molecule has 0 bridgehead atoms. The summed E-state index contributed by atoms with van der Waals surface area (Å²) in [5, 5.41) is 3.29. The number of likely N-dealkylation sites (N-methyl/N-ethyl adjacent to an activating group) is 1. The Labute approximate surface area is 113 Å². The van der Waals surface area contributed by atoms with Gasteiger partial charge in [-0.05, 0) is 50.9 Å². The maximum absolute atomic E-state index is 13.9. The third-order valence-corrected chi connectivity index (χ3v) is 3.67. The molecule has 1 heterocycles. The lowest BCUT2D eigenvalue weighted by Crippen LogP contribution is -2.48. The van der Waals surface area contributed by atoms with E-state index < -0.39 is 5.82 Å². The molecule has 1 aliphatic rings. The molecule has 1 fully saturated rings. The first kappa shape index (κ1) is 14.0. The SMILES string of the molecule is CCN(C(=O)c1ccc(C)cc1F)C1CCCNC1. The van der Waals surface area contributed by atoms with Crippen LogP contribution < -0.4 is 5.32 Å². The Morgan fingerprint density at radius 1 is 1.53 bits per heavy atom. The standard InChI is InChI=1S/C15H21FN2O/c1-3-18(12-5-4-8-17-10-12)15(19)13-7-6-11(2)9-14(13)16/h6-7,9,12,17H,3-5,8,10H2,1-2H3. The molecule has 1 atom stereocenters. The highest BCUT2D eigenvalue weighted by atomic mass is 19.1. The number of hydrogen-bond acceptors (Lipinski definition) is 2. The number of benzene rings is 1. The summed E-state index contributed by atoms with van der Waals surface area (Å²) in [7, 11) is 0. The minimum absolute atomic E-state index is 0.173. The van der Waals surface area contributed by atoms with Crippen LogP contribution in [0.4, 0.5) is 4.39 Å². The van der Waals surface area contributed by atoms with Crippen molar-refractivity contribution in [3.63, 3.8) is 0 Å². The van der Waals surface area contributed by atoms with Crippen LogP contribution in [-0.4, -0.2) is 36.5 Å². The van der Waals surface area contributed by atoms with Crippen molar-refractivity contribution in [2.75, 3.05) is 19.6 Å². The van der Waals surface area contributed by atoms with E-state index in [9.17, 15) is 9.18 Å². The normalized spacial score (nSPS) is 19.2. The monoisotopic (exact) mass is 264 g/mol. The number of nitrogens with one attached hydrogen (secondary N) is 1. The van der Waals surface area contributed by atoms with Gasteiger partial charge in [0, 0.05) is 19.1 Å². The number of carbonyl (C=O) groups is 1. The van der Waals surface area contributed by atoms with Gasteiger partial charge in [-0.25, -0.2) is 4.39 Å². The Balaban J connectivity index is 2.19. The van der Waals surface area contributed by atoms with Crippen molar-refractivity contribution >= 4 is 5.91 Å². The van der Waals surface area contributed by atoms with Crippen LogP contribution in [0.1, 0.15) is 35.7 Å². The van der Waals surface area contributed by atoms with Crippen molar-refractivity contribution in [2.24, 2.45) is 0 Å². The first-order chi connectivity index (χ1) is 9.13. The number of aryl methyl sites for hydroxylation is 1. The zero-order valence-electron chi connectivity index (χ0n) is 11.6. The van der Waals surface area contributed by atoms with Gasteiger partial charge in [-0.3, -0.25) is 4.79 Å². The van der Waals surface area contributed by atoms with E-state index in [2.05, 4.69) is 5.32 Å². The van der Waals surface area contributed by atoms with Crippen LogP contribution >= 0.6 is 0 Å². The molecule has 3 nitrogen and oxygen atoms in total. The minimum Gasteiger partial charge on any atom is -0.335 e. The molecule has 1 saturated heterocycles. The van der Waals surface area contributed by atoms with Crippen molar-refractivity contribution in [3.05, 3.63) is 35.1 Å². The predicted octanol–water partition coefficient (Wildman–Crippen LogP) is 2.35. The van der Waals surface area contributed by atoms with Gasteiger partial charge in [0.05, 0.1) is 5.56 Å². The van der Waals surface area contributed by atoms with E-state index in [0.717, 1.165) is 31.5 Å². The summed E-state index contributed by atoms with van der Waals surface area (Å²) >= 11 is 0. The summed E-state index contributed by atoms with van der Waals surface area (Å²) in [6.07, 6.45) is 2.05. The quantitative estimate of drug-likeness (QED) is 0.909.